The van der Waals surface area contributed by atoms with Gasteiger partial charge in [0.15, 0.2) is 0 Å². The topological polar surface area (TPSA) is 53.1 Å². The van der Waals surface area contributed by atoms with E-state index < -0.39 is 0 Å². The van der Waals surface area contributed by atoms with E-state index in [9.17, 15) is 4.39 Å². The van der Waals surface area contributed by atoms with Crippen molar-refractivity contribution < 1.29 is 4.39 Å². The van der Waals surface area contributed by atoms with Crippen molar-refractivity contribution in [3.05, 3.63) is 65.6 Å². The van der Waals surface area contributed by atoms with Gasteiger partial charge in [-0.05, 0) is 63.6 Å². The molecule has 0 radical (unpaired) electrons. The molecule has 0 amide bonds. The predicted molar refractivity (Wildman–Crippen MR) is 114 cm³/mol. The molecule has 1 aromatic heterocycles. The van der Waals surface area contributed by atoms with E-state index in [2.05, 4.69) is 64.5 Å². The molecule has 0 saturated heterocycles. The van der Waals surface area contributed by atoms with E-state index >= 15 is 0 Å². The first-order chi connectivity index (χ1) is 13.5. The van der Waals surface area contributed by atoms with Gasteiger partial charge in [-0.3, -0.25) is 0 Å². The number of halogens is 1. The first-order valence-electron chi connectivity index (χ1n) is 9.50. The Kier molecular flexibility index (Phi) is 6.09. The fraction of sp³-hybridized carbons (Fsp3) is 0.273. The van der Waals surface area contributed by atoms with Crippen LogP contribution < -0.4 is 15.5 Å². The summed E-state index contributed by atoms with van der Waals surface area (Å²) in [6, 6.07) is 14.7. The van der Waals surface area contributed by atoms with Crippen LogP contribution in [0.2, 0.25) is 0 Å². The van der Waals surface area contributed by atoms with Crippen LogP contribution in [-0.2, 0) is 0 Å². The Morgan fingerprint density at radius 3 is 2.32 bits per heavy atom. The Bertz CT molecular complexity index is 953. The molecule has 1 heterocycles. The molecule has 0 atom stereocenters. The Labute approximate surface area is 165 Å². The highest BCUT2D eigenvalue weighted by molar-refractivity contribution is 5.66. The van der Waals surface area contributed by atoms with Gasteiger partial charge in [0.2, 0.25) is 5.95 Å². The second-order valence-electron chi connectivity index (χ2n) is 6.62. The average Bonchev–Trinajstić information content (AvgIpc) is 2.66. The molecule has 0 bridgehead atoms. The van der Waals surface area contributed by atoms with Gasteiger partial charge in [0.05, 0.1) is 5.69 Å². The molecule has 2 aromatic carbocycles. The maximum absolute atomic E-state index is 13.9. The number of nitrogens with zero attached hydrogens (tertiary/aromatic N) is 3. The van der Waals surface area contributed by atoms with Gasteiger partial charge in [0.1, 0.15) is 11.6 Å². The quantitative estimate of drug-likeness (QED) is 0.562. The molecule has 2 N–H and O–H groups in total. The van der Waals surface area contributed by atoms with Crippen molar-refractivity contribution in [2.75, 3.05) is 28.6 Å². The van der Waals surface area contributed by atoms with Crippen LogP contribution in [0.25, 0.3) is 0 Å². The van der Waals surface area contributed by atoms with E-state index in [0.29, 0.717) is 17.5 Å². The molecular formula is C22H26FN5. The summed E-state index contributed by atoms with van der Waals surface area (Å²) in [5.74, 6) is 0.667. The van der Waals surface area contributed by atoms with Crippen LogP contribution in [-0.4, -0.2) is 23.1 Å². The Morgan fingerprint density at radius 2 is 1.64 bits per heavy atom. The van der Waals surface area contributed by atoms with Crippen LogP contribution in [0.15, 0.2) is 48.5 Å². The number of anilines is 5. The third-order valence-electron chi connectivity index (χ3n) is 4.58. The lowest BCUT2D eigenvalue weighted by Gasteiger charge is -2.22. The number of aromatic nitrogens is 2. The van der Waals surface area contributed by atoms with E-state index in [1.165, 1.54) is 11.8 Å². The lowest BCUT2D eigenvalue weighted by atomic mass is 10.1. The first-order valence-corrected chi connectivity index (χ1v) is 9.50. The minimum atomic E-state index is -0.343. The maximum atomic E-state index is 13.9. The van der Waals surface area contributed by atoms with Crippen molar-refractivity contribution >= 4 is 28.8 Å². The molecule has 0 fully saturated rings. The van der Waals surface area contributed by atoms with Crippen molar-refractivity contribution in [3.8, 4) is 0 Å². The molecule has 28 heavy (non-hydrogen) atoms. The molecule has 5 nitrogen and oxygen atoms in total. The minimum Gasteiger partial charge on any atom is -0.372 e. The first kappa shape index (κ1) is 19.6. The number of aryl methyl sites for hydroxylation is 2. The van der Waals surface area contributed by atoms with Crippen LogP contribution in [0.1, 0.15) is 25.1 Å². The standard InChI is InChI=1S/C22H26FN5/c1-5-28(6-2)17-11-12-19(15(3)13-17)25-21-14-16(4)24-22(27-21)26-20-10-8-7-9-18(20)23/h7-14H,5-6H2,1-4H3,(H2,24,25,26,27). The normalized spacial score (nSPS) is 10.6. The van der Waals surface area contributed by atoms with Crippen LogP contribution in [0.4, 0.5) is 33.2 Å². The molecule has 0 aliphatic heterocycles. The smallest absolute Gasteiger partial charge is 0.229 e. The Balaban J connectivity index is 1.83. The lowest BCUT2D eigenvalue weighted by Crippen LogP contribution is -2.21. The van der Waals surface area contributed by atoms with Gasteiger partial charge in [-0.25, -0.2) is 9.37 Å². The summed E-state index contributed by atoms with van der Waals surface area (Å²) in [5.41, 5.74) is 4.44. The fourth-order valence-electron chi connectivity index (χ4n) is 3.08. The van der Waals surface area contributed by atoms with Gasteiger partial charge in [-0.15, -0.1) is 0 Å². The van der Waals surface area contributed by atoms with Crippen LogP contribution >= 0.6 is 0 Å². The monoisotopic (exact) mass is 379 g/mol. The number of hydrogen-bond acceptors (Lipinski definition) is 5. The van der Waals surface area contributed by atoms with Crippen molar-refractivity contribution in [1.82, 2.24) is 9.97 Å². The third kappa shape index (κ3) is 4.57. The molecule has 0 aliphatic carbocycles. The Morgan fingerprint density at radius 1 is 0.893 bits per heavy atom. The average molecular weight is 379 g/mol. The van der Waals surface area contributed by atoms with Gasteiger partial charge in [0.25, 0.3) is 0 Å². The zero-order valence-electron chi connectivity index (χ0n) is 16.8. The summed E-state index contributed by atoms with van der Waals surface area (Å²) in [7, 11) is 0. The summed E-state index contributed by atoms with van der Waals surface area (Å²) in [6.45, 7) is 10.2. The zero-order valence-corrected chi connectivity index (χ0v) is 16.8. The molecule has 146 valence electrons. The number of nitrogens with one attached hydrogen (secondary N) is 2. The molecule has 0 saturated carbocycles. The summed E-state index contributed by atoms with van der Waals surface area (Å²) in [5, 5.41) is 6.30. The number of hydrogen-bond donors (Lipinski definition) is 2. The molecule has 3 aromatic rings. The van der Waals surface area contributed by atoms with Gasteiger partial charge < -0.3 is 15.5 Å². The second-order valence-corrected chi connectivity index (χ2v) is 6.62. The summed E-state index contributed by atoms with van der Waals surface area (Å²) in [6.07, 6.45) is 0. The minimum absolute atomic E-state index is 0.343. The van der Waals surface area contributed by atoms with Crippen LogP contribution in [0, 0.1) is 19.7 Å². The van der Waals surface area contributed by atoms with Crippen molar-refractivity contribution in [3.63, 3.8) is 0 Å². The summed E-state index contributed by atoms with van der Waals surface area (Å²) < 4.78 is 13.9. The van der Waals surface area contributed by atoms with E-state index in [0.717, 1.165) is 30.0 Å². The largest absolute Gasteiger partial charge is 0.372 e. The van der Waals surface area contributed by atoms with Gasteiger partial charge >= 0.3 is 0 Å². The highest BCUT2D eigenvalue weighted by Crippen LogP contribution is 2.26. The maximum Gasteiger partial charge on any atom is 0.229 e. The van der Waals surface area contributed by atoms with Crippen LogP contribution in [0.5, 0.6) is 0 Å². The molecule has 0 unspecified atom stereocenters. The van der Waals surface area contributed by atoms with Gasteiger partial charge in [-0.1, -0.05) is 12.1 Å². The molecule has 6 heteroatoms. The van der Waals surface area contributed by atoms with Crippen molar-refractivity contribution in [1.29, 1.82) is 0 Å². The van der Waals surface area contributed by atoms with E-state index in [1.807, 2.05) is 13.0 Å². The Hall–Kier alpha value is -3.15. The number of rotatable bonds is 7. The van der Waals surface area contributed by atoms with E-state index in [-0.39, 0.29) is 5.82 Å². The summed E-state index contributed by atoms with van der Waals surface area (Å²) >= 11 is 0. The van der Waals surface area contributed by atoms with Gasteiger partial charge in [0, 0.05) is 36.2 Å². The molecular weight excluding hydrogens is 353 g/mol. The molecule has 3 rings (SSSR count). The molecule has 0 aliphatic rings. The fourth-order valence-corrected chi connectivity index (χ4v) is 3.08. The van der Waals surface area contributed by atoms with Crippen LogP contribution in [0.3, 0.4) is 0 Å². The third-order valence-corrected chi connectivity index (χ3v) is 4.58. The zero-order chi connectivity index (χ0) is 20.1. The van der Waals surface area contributed by atoms with E-state index in [4.69, 9.17) is 0 Å². The second kappa shape index (κ2) is 8.69. The lowest BCUT2D eigenvalue weighted by molar-refractivity contribution is 0.631. The highest BCUT2D eigenvalue weighted by Gasteiger charge is 2.09. The van der Waals surface area contributed by atoms with Crippen molar-refractivity contribution in [2.24, 2.45) is 0 Å². The molecule has 0 spiro atoms. The highest BCUT2D eigenvalue weighted by atomic mass is 19.1. The predicted octanol–water partition coefficient (Wildman–Crippen LogP) is 5.57. The number of benzene rings is 2. The van der Waals surface area contributed by atoms with Crippen molar-refractivity contribution in [2.45, 2.75) is 27.7 Å². The van der Waals surface area contributed by atoms with Gasteiger partial charge in [-0.2, -0.15) is 4.98 Å². The number of para-hydroxylation sites is 1. The van der Waals surface area contributed by atoms with E-state index in [1.54, 1.807) is 18.2 Å². The SMILES string of the molecule is CCN(CC)c1ccc(Nc2cc(C)nc(Nc3ccccc3F)n2)c(C)c1. The summed E-state index contributed by atoms with van der Waals surface area (Å²) in [4.78, 5) is 11.2.